The largest absolute Gasteiger partial charge is 0.299 e. The summed E-state index contributed by atoms with van der Waals surface area (Å²) in [5.41, 5.74) is 12.2. The Kier molecular flexibility index (Phi) is 6.46. The van der Waals surface area contributed by atoms with Gasteiger partial charge in [0.1, 0.15) is 5.65 Å². The number of imidazole rings is 1. The standard InChI is InChI=1S/C44H29N3/c1-2-11-31(12-3-1)44-43(46-42-19-8-9-24-47(42)44)34-15-10-14-32(25-34)36-26-35(30-20-22-45-23-21-30)27-37(28-36)41-29-33-13-4-5-16-38(33)39-17-6-7-18-40(39)41/h1-29H. The molecule has 0 aliphatic heterocycles. The lowest BCUT2D eigenvalue weighted by Crippen LogP contribution is -1.90. The second-order valence-electron chi connectivity index (χ2n) is 11.9. The van der Waals surface area contributed by atoms with Crippen molar-refractivity contribution < 1.29 is 0 Å². The molecule has 0 amide bonds. The Hall–Kier alpha value is -6.32. The lowest BCUT2D eigenvalue weighted by molar-refractivity contribution is 1.19. The first-order valence-corrected chi connectivity index (χ1v) is 15.9. The molecule has 9 aromatic rings. The summed E-state index contributed by atoms with van der Waals surface area (Å²) in [5, 5.41) is 5.01. The van der Waals surface area contributed by atoms with E-state index in [0.29, 0.717) is 0 Å². The molecule has 0 radical (unpaired) electrons. The predicted molar refractivity (Wildman–Crippen MR) is 195 cm³/mol. The van der Waals surface area contributed by atoms with Crippen LogP contribution in [0.3, 0.4) is 0 Å². The van der Waals surface area contributed by atoms with Gasteiger partial charge in [0.05, 0.1) is 11.4 Å². The van der Waals surface area contributed by atoms with E-state index in [1.54, 1.807) is 0 Å². The van der Waals surface area contributed by atoms with Crippen molar-refractivity contribution in [2.45, 2.75) is 0 Å². The highest BCUT2D eigenvalue weighted by Crippen LogP contribution is 2.40. The number of pyridine rings is 2. The Morgan fingerprint density at radius 1 is 0.404 bits per heavy atom. The lowest BCUT2D eigenvalue weighted by atomic mass is 9.89. The van der Waals surface area contributed by atoms with Crippen molar-refractivity contribution in [1.82, 2.24) is 14.4 Å². The summed E-state index contributed by atoms with van der Waals surface area (Å²) in [7, 11) is 0. The maximum absolute atomic E-state index is 5.14. The summed E-state index contributed by atoms with van der Waals surface area (Å²) in [6, 6.07) is 56.4. The van der Waals surface area contributed by atoms with Gasteiger partial charge in [0.2, 0.25) is 0 Å². The summed E-state index contributed by atoms with van der Waals surface area (Å²) in [6.45, 7) is 0. The Morgan fingerprint density at radius 2 is 1.04 bits per heavy atom. The predicted octanol–water partition coefficient (Wildman–Crippen LogP) is 11.4. The first kappa shape index (κ1) is 27.0. The molecule has 0 saturated carbocycles. The molecule has 9 rings (SSSR count). The molecule has 0 aliphatic carbocycles. The van der Waals surface area contributed by atoms with Gasteiger partial charge in [-0.25, -0.2) is 4.98 Å². The molecule has 0 N–H and O–H groups in total. The van der Waals surface area contributed by atoms with Crippen molar-refractivity contribution in [2.24, 2.45) is 0 Å². The molecular formula is C44H29N3. The van der Waals surface area contributed by atoms with Crippen LogP contribution in [0.4, 0.5) is 0 Å². The maximum Gasteiger partial charge on any atom is 0.137 e. The average molecular weight is 600 g/mol. The van der Waals surface area contributed by atoms with E-state index in [4.69, 9.17) is 4.98 Å². The van der Waals surface area contributed by atoms with E-state index in [9.17, 15) is 0 Å². The molecule has 0 bridgehead atoms. The van der Waals surface area contributed by atoms with Gasteiger partial charge in [-0.2, -0.15) is 0 Å². The topological polar surface area (TPSA) is 30.2 Å². The first-order chi connectivity index (χ1) is 23.3. The molecule has 0 saturated heterocycles. The Balaban J connectivity index is 1.27. The highest BCUT2D eigenvalue weighted by Gasteiger charge is 2.17. The van der Waals surface area contributed by atoms with Crippen LogP contribution < -0.4 is 0 Å². The number of hydrogen-bond donors (Lipinski definition) is 0. The maximum atomic E-state index is 5.14. The van der Waals surface area contributed by atoms with Crippen molar-refractivity contribution in [3.8, 4) is 55.9 Å². The van der Waals surface area contributed by atoms with E-state index in [2.05, 4.69) is 167 Å². The zero-order valence-corrected chi connectivity index (χ0v) is 25.6. The minimum atomic E-state index is 0.928. The molecule has 3 heterocycles. The molecule has 3 nitrogen and oxygen atoms in total. The van der Waals surface area contributed by atoms with Crippen LogP contribution in [0.5, 0.6) is 0 Å². The van der Waals surface area contributed by atoms with E-state index >= 15 is 0 Å². The molecule has 3 heteroatoms. The van der Waals surface area contributed by atoms with Gasteiger partial charge in [-0.1, -0.05) is 103 Å². The molecule has 3 aromatic heterocycles. The molecule has 47 heavy (non-hydrogen) atoms. The number of rotatable bonds is 5. The van der Waals surface area contributed by atoms with Gasteiger partial charge in [0.15, 0.2) is 0 Å². The molecule has 0 fully saturated rings. The third-order valence-electron chi connectivity index (χ3n) is 9.07. The third-order valence-corrected chi connectivity index (χ3v) is 9.07. The number of benzene rings is 6. The quantitative estimate of drug-likeness (QED) is 0.184. The van der Waals surface area contributed by atoms with Crippen molar-refractivity contribution in [2.75, 3.05) is 0 Å². The second kappa shape index (κ2) is 11.2. The number of aromatic nitrogens is 3. The van der Waals surface area contributed by atoms with Crippen LogP contribution in [-0.2, 0) is 0 Å². The summed E-state index contributed by atoms with van der Waals surface area (Å²) >= 11 is 0. The van der Waals surface area contributed by atoms with Gasteiger partial charge in [0.25, 0.3) is 0 Å². The van der Waals surface area contributed by atoms with E-state index < -0.39 is 0 Å². The lowest BCUT2D eigenvalue weighted by Gasteiger charge is -2.15. The summed E-state index contributed by atoms with van der Waals surface area (Å²) in [6.07, 6.45) is 5.82. The fraction of sp³-hybridized carbons (Fsp3) is 0. The zero-order valence-electron chi connectivity index (χ0n) is 25.6. The van der Waals surface area contributed by atoms with Crippen LogP contribution in [0.2, 0.25) is 0 Å². The smallest absolute Gasteiger partial charge is 0.137 e. The molecule has 220 valence electrons. The van der Waals surface area contributed by atoms with Gasteiger partial charge < -0.3 is 0 Å². The van der Waals surface area contributed by atoms with Crippen molar-refractivity contribution >= 4 is 27.2 Å². The van der Waals surface area contributed by atoms with Gasteiger partial charge in [-0.15, -0.1) is 0 Å². The fourth-order valence-electron chi connectivity index (χ4n) is 6.87. The summed E-state index contributed by atoms with van der Waals surface area (Å²) in [4.78, 5) is 9.44. The molecular weight excluding hydrogens is 571 g/mol. The molecule has 0 aliphatic rings. The molecule has 0 atom stereocenters. The monoisotopic (exact) mass is 599 g/mol. The van der Waals surface area contributed by atoms with Crippen LogP contribution in [0.15, 0.2) is 176 Å². The minimum absolute atomic E-state index is 0.928. The van der Waals surface area contributed by atoms with E-state index in [0.717, 1.165) is 50.4 Å². The van der Waals surface area contributed by atoms with Crippen LogP contribution >= 0.6 is 0 Å². The van der Waals surface area contributed by atoms with Gasteiger partial charge >= 0.3 is 0 Å². The summed E-state index contributed by atoms with van der Waals surface area (Å²) < 4.78 is 2.18. The summed E-state index contributed by atoms with van der Waals surface area (Å²) in [5.74, 6) is 0. The molecule has 6 aromatic carbocycles. The number of hydrogen-bond acceptors (Lipinski definition) is 2. The Bertz CT molecular complexity index is 2570. The first-order valence-electron chi connectivity index (χ1n) is 15.9. The fourth-order valence-corrected chi connectivity index (χ4v) is 6.87. The second-order valence-corrected chi connectivity index (χ2v) is 11.9. The molecule has 0 spiro atoms. The normalized spacial score (nSPS) is 11.4. The number of fused-ring (bicyclic) bond motifs is 4. The van der Waals surface area contributed by atoms with E-state index in [1.165, 1.54) is 32.7 Å². The van der Waals surface area contributed by atoms with Gasteiger partial charge in [-0.3, -0.25) is 9.38 Å². The van der Waals surface area contributed by atoms with Crippen LogP contribution in [0, 0.1) is 0 Å². The van der Waals surface area contributed by atoms with Gasteiger partial charge in [0, 0.05) is 29.7 Å². The highest BCUT2D eigenvalue weighted by molar-refractivity contribution is 6.14. The van der Waals surface area contributed by atoms with Crippen molar-refractivity contribution in [1.29, 1.82) is 0 Å². The Morgan fingerprint density at radius 3 is 1.89 bits per heavy atom. The average Bonchev–Trinajstić information content (AvgIpc) is 3.55. The zero-order chi connectivity index (χ0) is 31.2. The van der Waals surface area contributed by atoms with Crippen molar-refractivity contribution in [3.05, 3.63) is 176 Å². The SMILES string of the molecule is c1ccc(-c2c(-c3cccc(-c4cc(-c5ccncc5)cc(-c5cc6ccccc6c6ccccc56)c4)c3)nc3ccccn23)cc1. The van der Waals surface area contributed by atoms with E-state index in [1.807, 2.05) is 18.5 Å². The minimum Gasteiger partial charge on any atom is -0.299 e. The van der Waals surface area contributed by atoms with Crippen molar-refractivity contribution in [3.63, 3.8) is 0 Å². The van der Waals surface area contributed by atoms with Crippen LogP contribution in [-0.4, -0.2) is 14.4 Å². The van der Waals surface area contributed by atoms with Crippen LogP contribution in [0.25, 0.3) is 83.1 Å². The van der Waals surface area contributed by atoms with Crippen LogP contribution in [0.1, 0.15) is 0 Å². The highest BCUT2D eigenvalue weighted by atomic mass is 15.0. The number of nitrogens with zero attached hydrogens (tertiary/aromatic N) is 3. The van der Waals surface area contributed by atoms with E-state index in [-0.39, 0.29) is 0 Å². The van der Waals surface area contributed by atoms with Gasteiger partial charge in [-0.05, 0) is 110 Å². The Labute approximate surface area is 273 Å². The molecule has 0 unspecified atom stereocenters. The third kappa shape index (κ3) is 4.77.